The lowest BCUT2D eigenvalue weighted by atomic mass is 10.1. The third-order valence-electron chi connectivity index (χ3n) is 3.81. The summed E-state index contributed by atoms with van der Waals surface area (Å²) < 4.78 is 5.28. The molecule has 0 spiro atoms. The minimum absolute atomic E-state index is 0.460. The van der Waals surface area contributed by atoms with Crippen molar-refractivity contribution in [3.8, 4) is 0 Å². The highest BCUT2D eigenvalue weighted by atomic mass is 32.1. The first-order valence-corrected chi connectivity index (χ1v) is 7.69. The van der Waals surface area contributed by atoms with Crippen molar-refractivity contribution in [3.05, 3.63) is 46.5 Å². The molecule has 0 radical (unpaired) electrons. The van der Waals surface area contributed by atoms with Crippen LogP contribution in [0.4, 0.5) is 0 Å². The number of hydrogen-bond donors (Lipinski definition) is 1. The molecule has 1 N–H and O–H groups in total. The number of aliphatic hydroxyl groups excluding tert-OH is 1. The lowest BCUT2D eigenvalue weighted by Crippen LogP contribution is -2.30. The highest BCUT2D eigenvalue weighted by Gasteiger charge is 2.28. The Morgan fingerprint density at radius 2 is 2.37 bits per heavy atom. The molecule has 0 aromatic carbocycles. The quantitative estimate of drug-likeness (QED) is 0.909. The first-order valence-electron chi connectivity index (χ1n) is 6.81. The van der Waals surface area contributed by atoms with Crippen LogP contribution in [0.1, 0.15) is 36.0 Å². The summed E-state index contributed by atoms with van der Waals surface area (Å²) in [6.07, 6.45) is 4.29. The van der Waals surface area contributed by atoms with Crippen LogP contribution in [-0.4, -0.2) is 22.6 Å². The van der Waals surface area contributed by atoms with E-state index in [0.29, 0.717) is 11.8 Å². The largest absolute Gasteiger partial charge is 0.467 e. The smallest absolute Gasteiger partial charge is 0.132 e. The monoisotopic (exact) mass is 277 g/mol. The maximum atomic E-state index is 10.2. The first kappa shape index (κ1) is 12.9. The van der Waals surface area contributed by atoms with Crippen molar-refractivity contribution in [1.29, 1.82) is 0 Å². The molecular weight excluding hydrogens is 258 g/mol. The van der Waals surface area contributed by atoms with E-state index in [1.54, 1.807) is 17.6 Å². The van der Waals surface area contributed by atoms with Gasteiger partial charge in [-0.3, -0.25) is 4.90 Å². The molecule has 19 heavy (non-hydrogen) atoms. The van der Waals surface area contributed by atoms with Crippen LogP contribution in [0.5, 0.6) is 0 Å². The van der Waals surface area contributed by atoms with E-state index in [1.807, 2.05) is 12.1 Å². The zero-order chi connectivity index (χ0) is 13.1. The van der Waals surface area contributed by atoms with E-state index in [9.17, 15) is 5.11 Å². The average Bonchev–Trinajstić information content (AvgIpc) is 3.12. The molecule has 2 aromatic heterocycles. The molecule has 3 rings (SSSR count). The van der Waals surface area contributed by atoms with Gasteiger partial charge in [0.2, 0.25) is 0 Å². The minimum Gasteiger partial charge on any atom is -0.467 e. The Hall–Kier alpha value is -1.10. The van der Waals surface area contributed by atoms with Gasteiger partial charge < -0.3 is 9.52 Å². The fourth-order valence-electron chi connectivity index (χ4n) is 2.83. The topological polar surface area (TPSA) is 36.6 Å². The van der Waals surface area contributed by atoms with Gasteiger partial charge in [0.05, 0.1) is 6.26 Å². The summed E-state index contributed by atoms with van der Waals surface area (Å²) in [5.41, 5.74) is 0. The predicted molar refractivity (Wildman–Crippen MR) is 76.0 cm³/mol. The van der Waals surface area contributed by atoms with Crippen LogP contribution in [0.3, 0.4) is 0 Å². The Bertz CT molecular complexity index is 480. The Kier molecular flexibility index (Phi) is 4.01. The van der Waals surface area contributed by atoms with Gasteiger partial charge in [-0.05, 0) is 49.4 Å². The fraction of sp³-hybridized carbons (Fsp3) is 0.467. The van der Waals surface area contributed by atoms with E-state index >= 15 is 0 Å². The molecule has 0 saturated carbocycles. The molecule has 0 aliphatic carbocycles. The normalized spacial score (nSPS) is 21.8. The molecule has 3 nitrogen and oxygen atoms in total. The number of likely N-dealkylation sites (tertiary alicyclic amines) is 1. The summed E-state index contributed by atoms with van der Waals surface area (Å²) in [5.74, 6) is 0.683. The van der Waals surface area contributed by atoms with Crippen molar-refractivity contribution in [3.63, 3.8) is 0 Å². The van der Waals surface area contributed by atoms with Gasteiger partial charge in [-0.1, -0.05) is 6.07 Å². The third-order valence-corrected chi connectivity index (χ3v) is 4.67. The summed E-state index contributed by atoms with van der Waals surface area (Å²) in [6, 6.07) is 8.42. The molecule has 1 aliphatic heterocycles. The van der Waals surface area contributed by atoms with Gasteiger partial charge in [0, 0.05) is 17.5 Å². The first-order chi connectivity index (χ1) is 9.33. The lowest BCUT2D eigenvalue weighted by molar-refractivity contribution is 0.0998. The molecular formula is C15H19NO2S. The van der Waals surface area contributed by atoms with Gasteiger partial charge in [-0.15, -0.1) is 11.3 Å². The van der Waals surface area contributed by atoms with Gasteiger partial charge in [0.15, 0.2) is 0 Å². The number of nitrogens with zero attached hydrogens (tertiary/aromatic N) is 1. The van der Waals surface area contributed by atoms with E-state index < -0.39 is 6.10 Å². The Balaban J connectivity index is 1.60. The molecule has 1 aliphatic rings. The Morgan fingerprint density at radius 1 is 1.42 bits per heavy atom. The molecule has 2 atom stereocenters. The zero-order valence-electron chi connectivity index (χ0n) is 10.9. The van der Waals surface area contributed by atoms with Crippen LogP contribution in [0.15, 0.2) is 40.3 Å². The Labute approximate surface area is 117 Å². The van der Waals surface area contributed by atoms with Crippen molar-refractivity contribution in [2.75, 3.05) is 6.54 Å². The van der Waals surface area contributed by atoms with Crippen molar-refractivity contribution < 1.29 is 9.52 Å². The average molecular weight is 277 g/mol. The molecule has 0 amide bonds. The van der Waals surface area contributed by atoms with E-state index in [1.165, 1.54) is 17.7 Å². The van der Waals surface area contributed by atoms with Gasteiger partial charge in [0.1, 0.15) is 11.9 Å². The second-order valence-corrected chi connectivity index (χ2v) is 6.15. The second-order valence-electron chi connectivity index (χ2n) is 5.11. The van der Waals surface area contributed by atoms with Crippen molar-refractivity contribution in [2.24, 2.45) is 0 Å². The SMILES string of the molecule is O[C@@H](C[C@H]1CCCN1Cc1cccs1)c1ccco1. The maximum Gasteiger partial charge on any atom is 0.132 e. The summed E-state index contributed by atoms with van der Waals surface area (Å²) in [7, 11) is 0. The number of rotatable bonds is 5. The number of thiophene rings is 1. The molecule has 102 valence electrons. The van der Waals surface area contributed by atoms with Gasteiger partial charge in [-0.25, -0.2) is 0 Å². The second kappa shape index (κ2) is 5.90. The van der Waals surface area contributed by atoms with Crippen LogP contribution in [0.25, 0.3) is 0 Å². The number of furan rings is 1. The third kappa shape index (κ3) is 3.08. The van der Waals surface area contributed by atoms with Crippen LogP contribution in [-0.2, 0) is 6.54 Å². The fourth-order valence-corrected chi connectivity index (χ4v) is 3.56. The van der Waals surface area contributed by atoms with Crippen molar-refractivity contribution >= 4 is 11.3 Å². The van der Waals surface area contributed by atoms with Crippen molar-refractivity contribution in [2.45, 2.75) is 38.0 Å². The summed E-state index contributed by atoms with van der Waals surface area (Å²) in [5, 5.41) is 12.3. The Morgan fingerprint density at radius 3 is 3.11 bits per heavy atom. The maximum absolute atomic E-state index is 10.2. The van der Waals surface area contributed by atoms with Crippen LogP contribution >= 0.6 is 11.3 Å². The molecule has 0 unspecified atom stereocenters. The summed E-state index contributed by atoms with van der Waals surface area (Å²) in [6.45, 7) is 2.14. The standard InChI is InChI=1S/C15H19NO2S/c17-14(15-6-2-8-18-15)10-12-4-1-7-16(12)11-13-5-3-9-19-13/h2-3,5-6,8-9,12,14,17H,1,4,7,10-11H2/t12-,14+/m1/s1. The highest BCUT2D eigenvalue weighted by molar-refractivity contribution is 7.09. The molecule has 3 heterocycles. The zero-order valence-corrected chi connectivity index (χ0v) is 11.7. The van der Waals surface area contributed by atoms with Gasteiger partial charge >= 0.3 is 0 Å². The number of hydrogen-bond acceptors (Lipinski definition) is 4. The van der Waals surface area contributed by atoms with Crippen molar-refractivity contribution in [1.82, 2.24) is 4.90 Å². The lowest BCUT2D eigenvalue weighted by Gasteiger charge is -2.25. The summed E-state index contributed by atoms with van der Waals surface area (Å²) >= 11 is 1.81. The molecule has 1 fully saturated rings. The van der Waals surface area contributed by atoms with Gasteiger partial charge in [-0.2, -0.15) is 0 Å². The minimum atomic E-state index is -0.482. The molecule has 4 heteroatoms. The molecule has 0 bridgehead atoms. The number of aliphatic hydroxyl groups is 1. The molecule has 1 saturated heterocycles. The van der Waals surface area contributed by atoms with E-state index in [-0.39, 0.29) is 0 Å². The highest BCUT2D eigenvalue weighted by Crippen LogP contribution is 2.29. The van der Waals surface area contributed by atoms with E-state index in [4.69, 9.17) is 4.42 Å². The molecule has 2 aromatic rings. The van der Waals surface area contributed by atoms with Crippen LogP contribution < -0.4 is 0 Å². The van der Waals surface area contributed by atoms with E-state index in [2.05, 4.69) is 22.4 Å². The summed E-state index contributed by atoms with van der Waals surface area (Å²) in [4.78, 5) is 3.89. The van der Waals surface area contributed by atoms with Gasteiger partial charge in [0.25, 0.3) is 0 Å². The van der Waals surface area contributed by atoms with E-state index in [0.717, 1.165) is 19.5 Å². The van der Waals surface area contributed by atoms with Crippen LogP contribution in [0, 0.1) is 0 Å². The predicted octanol–water partition coefficient (Wildman–Crippen LogP) is 3.43. The van der Waals surface area contributed by atoms with Crippen LogP contribution in [0.2, 0.25) is 0 Å².